The van der Waals surface area contributed by atoms with E-state index in [1.165, 1.54) is 5.56 Å². The summed E-state index contributed by atoms with van der Waals surface area (Å²) in [6.07, 6.45) is 1.96. The molecule has 0 fully saturated rings. The van der Waals surface area contributed by atoms with Gasteiger partial charge >= 0.3 is 0 Å². The van der Waals surface area contributed by atoms with Crippen molar-refractivity contribution in [2.24, 2.45) is 0 Å². The second-order valence-corrected chi connectivity index (χ2v) is 5.72. The molecule has 3 heteroatoms. The van der Waals surface area contributed by atoms with Crippen LogP contribution in [-0.4, -0.2) is 12.5 Å². The molecule has 0 aliphatic carbocycles. The van der Waals surface area contributed by atoms with Crippen molar-refractivity contribution in [3.05, 3.63) is 58.7 Å². The van der Waals surface area contributed by atoms with E-state index in [1.54, 1.807) is 0 Å². The van der Waals surface area contributed by atoms with Crippen molar-refractivity contribution in [1.82, 2.24) is 0 Å². The number of aryl methyl sites for hydroxylation is 3. The molecular formula is C18H20N2O. The maximum Gasteiger partial charge on any atom is 0.258 e. The molecule has 2 N–H and O–H groups in total. The van der Waals surface area contributed by atoms with Gasteiger partial charge in [-0.1, -0.05) is 18.2 Å². The Bertz CT molecular complexity index is 686. The van der Waals surface area contributed by atoms with Gasteiger partial charge in [-0.15, -0.1) is 0 Å². The smallest absolute Gasteiger partial charge is 0.258 e. The van der Waals surface area contributed by atoms with Crippen molar-refractivity contribution in [2.75, 3.05) is 17.2 Å². The van der Waals surface area contributed by atoms with Gasteiger partial charge in [0, 0.05) is 23.5 Å². The molecule has 0 spiro atoms. The van der Waals surface area contributed by atoms with Crippen LogP contribution < -0.4 is 10.6 Å². The Labute approximate surface area is 125 Å². The van der Waals surface area contributed by atoms with Crippen molar-refractivity contribution in [1.29, 1.82) is 0 Å². The molecule has 1 aliphatic heterocycles. The zero-order valence-electron chi connectivity index (χ0n) is 12.5. The van der Waals surface area contributed by atoms with Gasteiger partial charge in [0.2, 0.25) is 0 Å². The fourth-order valence-electron chi connectivity index (χ4n) is 3.11. The van der Waals surface area contributed by atoms with Crippen LogP contribution in [0.2, 0.25) is 0 Å². The van der Waals surface area contributed by atoms with Gasteiger partial charge in [0.05, 0.1) is 0 Å². The van der Waals surface area contributed by atoms with Crippen LogP contribution in [0.15, 0.2) is 36.4 Å². The van der Waals surface area contributed by atoms with E-state index in [4.69, 9.17) is 5.73 Å². The van der Waals surface area contributed by atoms with Gasteiger partial charge in [0.15, 0.2) is 0 Å². The van der Waals surface area contributed by atoms with Crippen molar-refractivity contribution in [3.8, 4) is 0 Å². The van der Waals surface area contributed by atoms with Crippen LogP contribution >= 0.6 is 0 Å². The molecule has 2 aromatic carbocycles. The molecular weight excluding hydrogens is 260 g/mol. The van der Waals surface area contributed by atoms with E-state index in [2.05, 4.69) is 0 Å². The number of amides is 1. The SMILES string of the molecule is Cc1cccc(C)c1C(=O)N1CCCc2cc(N)ccc21. The van der Waals surface area contributed by atoms with E-state index in [1.807, 2.05) is 55.1 Å². The molecule has 1 heterocycles. The third-order valence-corrected chi connectivity index (χ3v) is 4.16. The van der Waals surface area contributed by atoms with E-state index < -0.39 is 0 Å². The van der Waals surface area contributed by atoms with Crippen LogP contribution in [0.4, 0.5) is 11.4 Å². The molecule has 3 rings (SSSR count). The van der Waals surface area contributed by atoms with Crippen LogP contribution in [0.3, 0.4) is 0 Å². The first-order chi connectivity index (χ1) is 10.1. The molecule has 2 aromatic rings. The zero-order chi connectivity index (χ0) is 15.0. The number of nitrogen functional groups attached to an aromatic ring is 1. The summed E-state index contributed by atoms with van der Waals surface area (Å²) in [5, 5.41) is 0. The van der Waals surface area contributed by atoms with Crippen LogP contribution in [0.5, 0.6) is 0 Å². The van der Waals surface area contributed by atoms with Crippen LogP contribution in [0.1, 0.15) is 33.5 Å². The number of hydrogen-bond donors (Lipinski definition) is 1. The first kappa shape index (κ1) is 13.7. The van der Waals surface area contributed by atoms with Crippen LogP contribution in [0.25, 0.3) is 0 Å². The van der Waals surface area contributed by atoms with Crippen LogP contribution in [0, 0.1) is 13.8 Å². The zero-order valence-corrected chi connectivity index (χ0v) is 12.5. The fourth-order valence-corrected chi connectivity index (χ4v) is 3.11. The number of fused-ring (bicyclic) bond motifs is 1. The Hall–Kier alpha value is -2.29. The van der Waals surface area contributed by atoms with E-state index in [9.17, 15) is 4.79 Å². The quantitative estimate of drug-likeness (QED) is 0.813. The number of carbonyl (C=O) groups excluding carboxylic acids is 1. The number of nitrogens with zero attached hydrogens (tertiary/aromatic N) is 1. The summed E-state index contributed by atoms with van der Waals surface area (Å²) in [5.41, 5.74) is 11.7. The summed E-state index contributed by atoms with van der Waals surface area (Å²) >= 11 is 0. The number of nitrogens with two attached hydrogens (primary N) is 1. The highest BCUT2D eigenvalue weighted by atomic mass is 16.2. The molecule has 0 radical (unpaired) electrons. The van der Waals surface area contributed by atoms with Gasteiger partial charge in [0.25, 0.3) is 5.91 Å². The van der Waals surface area contributed by atoms with Gasteiger partial charge in [-0.2, -0.15) is 0 Å². The predicted molar refractivity (Wildman–Crippen MR) is 86.8 cm³/mol. The summed E-state index contributed by atoms with van der Waals surface area (Å²) < 4.78 is 0. The summed E-state index contributed by atoms with van der Waals surface area (Å²) in [4.78, 5) is 14.9. The maximum atomic E-state index is 13.0. The Kier molecular flexibility index (Phi) is 3.42. The van der Waals surface area contributed by atoms with Gasteiger partial charge in [-0.25, -0.2) is 0 Å². The largest absolute Gasteiger partial charge is 0.399 e. The van der Waals surface area contributed by atoms with E-state index in [0.29, 0.717) is 0 Å². The fraction of sp³-hybridized carbons (Fsp3) is 0.278. The van der Waals surface area contributed by atoms with Gasteiger partial charge in [-0.05, 0) is 61.6 Å². The lowest BCUT2D eigenvalue weighted by Gasteiger charge is -2.30. The monoisotopic (exact) mass is 280 g/mol. The molecule has 0 atom stereocenters. The van der Waals surface area contributed by atoms with Crippen molar-refractivity contribution >= 4 is 17.3 Å². The van der Waals surface area contributed by atoms with Gasteiger partial charge < -0.3 is 10.6 Å². The molecule has 108 valence electrons. The first-order valence-corrected chi connectivity index (χ1v) is 7.34. The average molecular weight is 280 g/mol. The summed E-state index contributed by atoms with van der Waals surface area (Å²) in [6.45, 7) is 4.76. The van der Waals surface area contributed by atoms with Crippen LogP contribution in [-0.2, 0) is 6.42 Å². The Morgan fingerprint density at radius 2 is 1.86 bits per heavy atom. The van der Waals surface area contributed by atoms with Crippen molar-refractivity contribution in [2.45, 2.75) is 26.7 Å². The minimum absolute atomic E-state index is 0.0938. The number of benzene rings is 2. The highest BCUT2D eigenvalue weighted by Crippen LogP contribution is 2.31. The summed E-state index contributed by atoms with van der Waals surface area (Å²) in [5.74, 6) is 0.0938. The third-order valence-electron chi connectivity index (χ3n) is 4.16. The predicted octanol–water partition coefficient (Wildman–Crippen LogP) is 3.48. The topological polar surface area (TPSA) is 46.3 Å². The summed E-state index contributed by atoms with van der Waals surface area (Å²) in [6, 6.07) is 11.8. The molecule has 0 bridgehead atoms. The standard InChI is InChI=1S/C18H20N2O/c1-12-5-3-6-13(2)17(12)18(21)20-10-4-7-14-11-15(19)8-9-16(14)20/h3,5-6,8-9,11H,4,7,10,19H2,1-2H3. The molecule has 1 aliphatic rings. The van der Waals surface area contributed by atoms with E-state index in [0.717, 1.165) is 47.5 Å². The molecule has 1 amide bonds. The molecule has 0 saturated heterocycles. The number of carbonyl (C=O) groups is 1. The van der Waals surface area contributed by atoms with Crippen molar-refractivity contribution in [3.63, 3.8) is 0 Å². The number of anilines is 2. The Balaban J connectivity index is 2.05. The molecule has 0 unspecified atom stereocenters. The highest BCUT2D eigenvalue weighted by Gasteiger charge is 2.25. The number of rotatable bonds is 1. The second-order valence-electron chi connectivity index (χ2n) is 5.72. The maximum absolute atomic E-state index is 13.0. The average Bonchev–Trinajstić information content (AvgIpc) is 2.46. The second kappa shape index (κ2) is 5.24. The molecule has 3 nitrogen and oxygen atoms in total. The number of hydrogen-bond acceptors (Lipinski definition) is 2. The summed E-state index contributed by atoms with van der Waals surface area (Å²) in [7, 11) is 0. The molecule has 0 saturated carbocycles. The van der Waals surface area contributed by atoms with E-state index >= 15 is 0 Å². The normalized spacial score (nSPS) is 13.9. The minimum Gasteiger partial charge on any atom is -0.399 e. The minimum atomic E-state index is 0.0938. The van der Waals surface area contributed by atoms with E-state index in [-0.39, 0.29) is 5.91 Å². The Morgan fingerprint density at radius 3 is 2.57 bits per heavy atom. The lowest BCUT2D eigenvalue weighted by molar-refractivity contribution is 0.0984. The lowest BCUT2D eigenvalue weighted by Crippen LogP contribution is -2.36. The Morgan fingerprint density at radius 1 is 1.14 bits per heavy atom. The van der Waals surface area contributed by atoms with Crippen molar-refractivity contribution < 1.29 is 4.79 Å². The van der Waals surface area contributed by atoms with Gasteiger partial charge in [0.1, 0.15) is 0 Å². The lowest BCUT2D eigenvalue weighted by atomic mass is 9.97. The molecule has 0 aromatic heterocycles. The molecule has 21 heavy (non-hydrogen) atoms. The first-order valence-electron chi connectivity index (χ1n) is 7.34. The highest BCUT2D eigenvalue weighted by molar-refractivity contribution is 6.08. The third kappa shape index (κ3) is 2.40. The van der Waals surface area contributed by atoms with Gasteiger partial charge in [-0.3, -0.25) is 4.79 Å².